The van der Waals surface area contributed by atoms with Crippen molar-refractivity contribution in [3.05, 3.63) is 22.7 Å². The van der Waals surface area contributed by atoms with E-state index in [1.807, 2.05) is 6.07 Å². The fraction of sp³-hybridized carbons (Fsp3) is 0.647. The van der Waals surface area contributed by atoms with E-state index < -0.39 is 0 Å². The van der Waals surface area contributed by atoms with E-state index in [2.05, 4.69) is 35.8 Å². The molecule has 1 aliphatic heterocycles. The summed E-state index contributed by atoms with van der Waals surface area (Å²) < 4.78 is 11.3. The Balaban J connectivity index is 1.92. The second-order valence-electron chi connectivity index (χ2n) is 6.76. The number of halogens is 2. The van der Waals surface area contributed by atoms with Gasteiger partial charge in [-0.2, -0.15) is 0 Å². The van der Waals surface area contributed by atoms with Crippen molar-refractivity contribution in [2.24, 2.45) is 11.3 Å². The summed E-state index contributed by atoms with van der Waals surface area (Å²) >= 11 is 10.4. The normalized spacial score (nSPS) is 25.4. The molecule has 0 saturated heterocycles. The number of fused-ring (bicyclic) bond motifs is 1. The van der Waals surface area contributed by atoms with Crippen LogP contribution in [0.3, 0.4) is 0 Å². The average molecular weight is 374 g/mol. The maximum atomic E-state index is 6.50. The Bertz CT molecular complexity index is 530. The van der Waals surface area contributed by atoms with Crippen LogP contribution >= 0.6 is 27.5 Å². The topological polar surface area (TPSA) is 18.5 Å². The van der Waals surface area contributed by atoms with Gasteiger partial charge in [-0.15, -0.1) is 0 Å². The van der Waals surface area contributed by atoms with E-state index in [-0.39, 0.29) is 4.83 Å². The molecule has 21 heavy (non-hydrogen) atoms. The minimum Gasteiger partial charge on any atom is -0.486 e. The van der Waals surface area contributed by atoms with Crippen LogP contribution in [0, 0.1) is 11.3 Å². The van der Waals surface area contributed by atoms with E-state index in [0.717, 1.165) is 22.1 Å². The minimum absolute atomic E-state index is 0.260. The van der Waals surface area contributed by atoms with Gasteiger partial charge in [0.2, 0.25) is 0 Å². The molecule has 2 nitrogen and oxygen atoms in total. The Labute approximate surface area is 140 Å². The van der Waals surface area contributed by atoms with E-state index in [1.165, 1.54) is 25.7 Å². The molecule has 0 bridgehead atoms. The lowest BCUT2D eigenvalue weighted by molar-refractivity contribution is 0.136. The Morgan fingerprint density at radius 1 is 1.19 bits per heavy atom. The summed E-state index contributed by atoms with van der Waals surface area (Å²) in [6.07, 6.45) is 5.16. The summed E-state index contributed by atoms with van der Waals surface area (Å²) in [6.45, 7) is 5.94. The maximum Gasteiger partial charge on any atom is 0.162 e. The molecular formula is C17H22BrClO2. The first-order chi connectivity index (χ1) is 9.99. The summed E-state index contributed by atoms with van der Waals surface area (Å²) in [5, 5.41) is 0.766. The molecule has 0 amide bonds. The highest BCUT2D eigenvalue weighted by molar-refractivity contribution is 9.09. The van der Waals surface area contributed by atoms with Crippen LogP contribution in [0.2, 0.25) is 5.02 Å². The van der Waals surface area contributed by atoms with E-state index in [0.29, 0.717) is 24.5 Å². The summed E-state index contributed by atoms with van der Waals surface area (Å²) in [6, 6.07) is 3.95. The molecule has 1 saturated carbocycles. The minimum atomic E-state index is 0.260. The number of benzene rings is 1. The van der Waals surface area contributed by atoms with Gasteiger partial charge < -0.3 is 9.47 Å². The molecule has 2 unspecified atom stereocenters. The van der Waals surface area contributed by atoms with Crippen LogP contribution < -0.4 is 9.47 Å². The molecule has 0 spiro atoms. The summed E-state index contributed by atoms with van der Waals surface area (Å²) in [5.41, 5.74) is 1.46. The van der Waals surface area contributed by atoms with Crippen LogP contribution in [0.5, 0.6) is 11.5 Å². The second-order valence-corrected chi connectivity index (χ2v) is 8.15. The van der Waals surface area contributed by atoms with E-state index in [1.54, 1.807) is 0 Å². The SMILES string of the molecule is CC1(C)CCCCC1C(Br)c1cc2c(cc1Cl)OCCO2. The molecule has 1 aliphatic carbocycles. The van der Waals surface area contributed by atoms with Crippen LogP contribution in [0.1, 0.15) is 49.9 Å². The summed E-state index contributed by atoms with van der Waals surface area (Å²) in [7, 11) is 0. The highest BCUT2D eigenvalue weighted by Gasteiger charge is 2.38. The lowest BCUT2D eigenvalue weighted by atomic mass is 9.67. The van der Waals surface area contributed by atoms with Crippen LogP contribution in [0.25, 0.3) is 0 Å². The standard InChI is InChI=1S/C17H22BrClO2/c1-17(2)6-4-3-5-12(17)16(18)11-9-14-15(10-13(11)19)21-8-7-20-14/h9-10,12,16H,3-8H2,1-2H3. The monoisotopic (exact) mass is 372 g/mol. The summed E-state index contributed by atoms with van der Waals surface area (Å²) in [4.78, 5) is 0.260. The van der Waals surface area contributed by atoms with Crippen molar-refractivity contribution in [1.82, 2.24) is 0 Å². The van der Waals surface area contributed by atoms with Gasteiger partial charge in [-0.3, -0.25) is 0 Å². The van der Waals surface area contributed by atoms with Crippen molar-refractivity contribution < 1.29 is 9.47 Å². The molecule has 2 aliphatic rings. The fourth-order valence-electron chi connectivity index (χ4n) is 3.57. The number of rotatable bonds is 2. The molecule has 1 aromatic rings. The Kier molecular flexibility index (Phi) is 4.42. The number of ether oxygens (including phenoxy) is 2. The van der Waals surface area contributed by atoms with E-state index in [4.69, 9.17) is 21.1 Å². The zero-order valence-corrected chi connectivity index (χ0v) is 15.0. The van der Waals surface area contributed by atoms with Crippen molar-refractivity contribution in [1.29, 1.82) is 0 Å². The first-order valence-electron chi connectivity index (χ1n) is 7.72. The van der Waals surface area contributed by atoms with Gasteiger partial charge in [-0.1, -0.05) is 54.2 Å². The first kappa shape index (κ1) is 15.5. The average Bonchev–Trinajstić information content (AvgIpc) is 2.45. The van der Waals surface area contributed by atoms with Crippen molar-refractivity contribution in [2.75, 3.05) is 13.2 Å². The van der Waals surface area contributed by atoms with Gasteiger partial charge in [-0.25, -0.2) is 0 Å². The molecule has 4 heteroatoms. The van der Waals surface area contributed by atoms with Gasteiger partial charge in [-0.05, 0) is 35.8 Å². The van der Waals surface area contributed by atoms with Crippen molar-refractivity contribution >= 4 is 27.5 Å². The van der Waals surface area contributed by atoms with Gasteiger partial charge >= 0.3 is 0 Å². The Morgan fingerprint density at radius 2 is 1.86 bits per heavy atom. The molecule has 0 N–H and O–H groups in total. The Hall–Kier alpha value is -0.410. The maximum absolute atomic E-state index is 6.50. The third kappa shape index (κ3) is 3.05. The molecule has 2 atom stereocenters. The van der Waals surface area contributed by atoms with E-state index >= 15 is 0 Å². The smallest absolute Gasteiger partial charge is 0.162 e. The molecule has 1 fully saturated rings. The fourth-order valence-corrected chi connectivity index (χ4v) is 5.33. The number of alkyl halides is 1. The van der Waals surface area contributed by atoms with Crippen LogP contribution in [-0.4, -0.2) is 13.2 Å². The summed E-state index contributed by atoms with van der Waals surface area (Å²) in [5.74, 6) is 2.17. The van der Waals surface area contributed by atoms with Crippen LogP contribution in [0.15, 0.2) is 12.1 Å². The predicted molar refractivity (Wildman–Crippen MR) is 89.8 cm³/mol. The lowest BCUT2D eigenvalue weighted by Crippen LogP contribution is -2.30. The number of hydrogen-bond donors (Lipinski definition) is 0. The van der Waals surface area contributed by atoms with Gasteiger partial charge in [0.05, 0.1) is 0 Å². The van der Waals surface area contributed by atoms with Crippen LogP contribution in [-0.2, 0) is 0 Å². The predicted octanol–water partition coefficient (Wildman–Crippen LogP) is 5.76. The zero-order chi connectivity index (χ0) is 15.0. The molecule has 116 valence electrons. The quantitative estimate of drug-likeness (QED) is 0.613. The van der Waals surface area contributed by atoms with Gasteiger partial charge in [0.1, 0.15) is 13.2 Å². The largest absolute Gasteiger partial charge is 0.486 e. The van der Waals surface area contributed by atoms with Crippen LogP contribution in [0.4, 0.5) is 0 Å². The Morgan fingerprint density at radius 3 is 2.52 bits per heavy atom. The molecule has 0 aromatic heterocycles. The van der Waals surface area contributed by atoms with E-state index in [9.17, 15) is 0 Å². The third-order valence-electron chi connectivity index (χ3n) is 4.90. The molecule has 1 heterocycles. The van der Waals surface area contributed by atoms with Gasteiger partial charge in [0.15, 0.2) is 11.5 Å². The molecule has 1 aromatic carbocycles. The van der Waals surface area contributed by atoms with Gasteiger partial charge in [0, 0.05) is 15.9 Å². The van der Waals surface area contributed by atoms with Crippen molar-refractivity contribution in [2.45, 2.75) is 44.4 Å². The highest BCUT2D eigenvalue weighted by atomic mass is 79.9. The zero-order valence-electron chi connectivity index (χ0n) is 12.6. The molecule has 3 rings (SSSR count). The first-order valence-corrected chi connectivity index (χ1v) is 9.01. The van der Waals surface area contributed by atoms with Crippen molar-refractivity contribution in [3.8, 4) is 11.5 Å². The highest BCUT2D eigenvalue weighted by Crippen LogP contribution is 2.52. The van der Waals surface area contributed by atoms with Crippen molar-refractivity contribution in [3.63, 3.8) is 0 Å². The molecule has 0 radical (unpaired) electrons. The molecular weight excluding hydrogens is 352 g/mol. The third-order valence-corrected chi connectivity index (χ3v) is 6.36. The number of hydrogen-bond acceptors (Lipinski definition) is 2. The second kappa shape index (κ2) is 6.00. The van der Waals surface area contributed by atoms with Gasteiger partial charge in [0.25, 0.3) is 0 Å². The lowest BCUT2D eigenvalue weighted by Gasteiger charge is -2.42.